The Morgan fingerprint density at radius 1 is 0.508 bits per heavy atom. The highest BCUT2D eigenvalue weighted by molar-refractivity contribution is 5.77. The van der Waals surface area contributed by atoms with E-state index in [4.69, 9.17) is 4.74 Å². The number of aliphatic hydroxyl groups is 2. The molecule has 0 bridgehead atoms. The van der Waals surface area contributed by atoms with Gasteiger partial charge in [0.25, 0.3) is 0 Å². The molecule has 3 N–H and O–H groups in total. The highest BCUT2D eigenvalue weighted by Crippen LogP contribution is 2.18. The molecule has 0 saturated carbocycles. The second kappa shape index (κ2) is 47.1. The van der Waals surface area contributed by atoms with E-state index in [2.05, 4.69) is 62.5 Å². The van der Waals surface area contributed by atoms with Crippen LogP contribution >= 0.6 is 0 Å². The fourth-order valence-electron chi connectivity index (χ4n) is 7.82. The molecule has 6 nitrogen and oxygen atoms in total. The molecule has 0 spiro atoms. The summed E-state index contributed by atoms with van der Waals surface area (Å²) in [5.41, 5.74) is 0. The second-order valence-electron chi connectivity index (χ2n) is 17.5. The van der Waals surface area contributed by atoms with Gasteiger partial charge in [-0.2, -0.15) is 0 Å². The van der Waals surface area contributed by atoms with Gasteiger partial charge >= 0.3 is 5.97 Å². The van der Waals surface area contributed by atoms with Crippen LogP contribution in [0.3, 0.4) is 0 Å². The number of amides is 1. The third-order valence-corrected chi connectivity index (χ3v) is 11.7. The average molecular weight is 830 g/mol. The Hall–Kier alpha value is -1.92. The first-order valence-electron chi connectivity index (χ1n) is 25.7. The Morgan fingerprint density at radius 2 is 0.915 bits per heavy atom. The van der Waals surface area contributed by atoms with Gasteiger partial charge in [0.2, 0.25) is 5.91 Å². The van der Waals surface area contributed by atoms with Crippen LogP contribution in [0, 0.1) is 0 Å². The number of allylic oxidation sites excluding steroid dienone is 6. The first-order valence-corrected chi connectivity index (χ1v) is 25.7. The lowest BCUT2D eigenvalue weighted by Gasteiger charge is -2.24. The minimum Gasteiger partial charge on any atom is -0.462 e. The molecular formula is C53H99NO5. The van der Waals surface area contributed by atoms with Crippen molar-refractivity contribution in [3.8, 4) is 0 Å². The minimum atomic E-state index is -0.788. The van der Waals surface area contributed by atoms with E-state index >= 15 is 0 Å². The fraction of sp³-hybridized carbons (Fsp3) is 0.849. The molecule has 0 aliphatic rings. The number of carbonyl (C=O) groups is 2. The monoisotopic (exact) mass is 830 g/mol. The highest BCUT2D eigenvalue weighted by atomic mass is 16.5. The Kier molecular flexibility index (Phi) is 45.6. The summed E-state index contributed by atoms with van der Waals surface area (Å²) in [7, 11) is 0. The zero-order valence-electron chi connectivity index (χ0n) is 39.4. The molecule has 0 fully saturated rings. The molecule has 0 saturated heterocycles. The van der Waals surface area contributed by atoms with Crippen LogP contribution in [0.1, 0.15) is 265 Å². The van der Waals surface area contributed by atoms with Gasteiger partial charge in [-0.15, -0.1) is 0 Å². The number of carbonyl (C=O) groups excluding carboxylic acids is 2. The topological polar surface area (TPSA) is 95.9 Å². The summed E-state index contributed by atoms with van der Waals surface area (Å²) in [5, 5.41) is 23.7. The molecular weight excluding hydrogens is 731 g/mol. The summed E-state index contributed by atoms with van der Waals surface area (Å²) in [4.78, 5) is 26.1. The number of ether oxygens (including phenoxy) is 1. The third-order valence-electron chi connectivity index (χ3n) is 11.7. The summed E-state index contributed by atoms with van der Waals surface area (Å²) in [5.74, 6) is -0.484. The largest absolute Gasteiger partial charge is 0.462 e. The number of esters is 1. The van der Waals surface area contributed by atoms with Crippen LogP contribution in [-0.2, 0) is 14.3 Å². The summed E-state index contributed by atoms with van der Waals surface area (Å²) in [6, 6.07) is -0.703. The van der Waals surface area contributed by atoms with Crippen LogP contribution in [0.4, 0.5) is 0 Å². The van der Waals surface area contributed by atoms with Crippen LogP contribution < -0.4 is 5.32 Å². The van der Waals surface area contributed by atoms with Crippen molar-refractivity contribution in [2.24, 2.45) is 0 Å². The summed E-state index contributed by atoms with van der Waals surface area (Å²) >= 11 is 0. The highest BCUT2D eigenvalue weighted by Gasteiger charge is 2.24. The van der Waals surface area contributed by atoms with Crippen molar-refractivity contribution >= 4 is 11.9 Å². The lowest BCUT2D eigenvalue weighted by atomic mass is 10.0. The van der Waals surface area contributed by atoms with E-state index in [1.54, 1.807) is 0 Å². The Balaban J connectivity index is 4.59. The molecule has 3 unspecified atom stereocenters. The molecule has 0 heterocycles. The summed E-state index contributed by atoms with van der Waals surface area (Å²) in [6.45, 7) is 6.37. The normalized spacial score (nSPS) is 13.5. The molecule has 1 amide bonds. The molecule has 6 heteroatoms. The van der Waals surface area contributed by atoms with Crippen molar-refractivity contribution in [2.45, 2.75) is 283 Å². The smallest absolute Gasteiger partial charge is 0.306 e. The van der Waals surface area contributed by atoms with Crippen LogP contribution in [0.2, 0.25) is 0 Å². The second-order valence-corrected chi connectivity index (χ2v) is 17.5. The van der Waals surface area contributed by atoms with Gasteiger partial charge < -0.3 is 20.3 Å². The predicted octanol–water partition coefficient (Wildman–Crippen LogP) is 15.3. The first kappa shape index (κ1) is 57.1. The Labute approximate surface area is 366 Å². The zero-order chi connectivity index (χ0) is 43.1. The van der Waals surface area contributed by atoms with Crippen molar-refractivity contribution in [2.75, 3.05) is 6.61 Å². The van der Waals surface area contributed by atoms with E-state index in [1.807, 2.05) is 0 Å². The number of hydrogen-bond acceptors (Lipinski definition) is 5. The van der Waals surface area contributed by atoms with Gasteiger partial charge in [-0.3, -0.25) is 9.59 Å². The third kappa shape index (κ3) is 42.6. The minimum absolute atomic E-state index is 0.0709. The van der Waals surface area contributed by atoms with Gasteiger partial charge in [-0.05, 0) is 77.0 Å². The molecule has 0 radical (unpaired) electrons. The summed E-state index contributed by atoms with van der Waals surface area (Å²) in [6.07, 6.45) is 54.9. The molecule has 0 aromatic carbocycles. The fourth-order valence-corrected chi connectivity index (χ4v) is 7.82. The van der Waals surface area contributed by atoms with E-state index in [0.717, 1.165) is 83.5 Å². The lowest BCUT2D eigenvalue weighted by Crippen LogP contribution is -2.46. The van der Waals surface area contributed by atoms with Crippen LogP contribution in [0.15, 0.2) is 36.5 Å². The van der Waals surface area contributed by atoms with E-state index in [9.17, 15) is 19.8 Å². The van der Waals surface area contributed by atoms with Gasteiger partial charge in [-0.1, -0.05) is 211 Å². The molecule has 0 aromatic rings. The van der Waals surface area contributed by atoms with Crippen molar-refractivity contribution in [3.05, 3.63) is 36.5 Å². The SMILES string of the molecule is CC/C=C/C/C=C/CCCCCCCCCC(=O)OC(CCCCCCC/C=C/CCCCCCCC)CC(=O)NC(CO)C(O)CCCCCCCCCCCCC. The number of unbranched alkanes of at least 4 members (excludes halogenated alkanes) is 28. The number of aliphatic hydroxyl groups excluding tert-OH is 2. The quantitative estimate of drug-likeness (QED) is 0.0323. The maximum Gasteiger partial charge on any atom is 0.306 e. The zero-order valence-corrected chi connectivity index (χ0v) is 39.4. The maximum atomic E-state index is 13.2. The van der Waals surface area contributed by atoms with Gasteiger partial charge in [0, 0.05) is 6.42 Å². The van der Waals surface area contributed by atoms with Crippen molar-refractivity contribution in [3.63, 3.8) is 0 Å². The van der Waals surface area contributed by atoms with E-state index < -0.39 is 18.2 Å². The molecule has 0 rings (SSSR count). The number of rotatable bonds is 46. The molecule has 59 heavy (non-hydrogen) atoms. The molecule has 3 atom stereocenters. The van der Waals surface area contributed by atoms with E-state index in [-0.39, 0.29) is 24.9 Å². The lowest BCUT2D eigenvalue weighted by molar-refractivity contribution is -0.151. The van der Waals surface area contributed by atoms with Crippen molar-refractivity contribution in [1.82, 2.24) is 5.32 Å². The summed E-state index contributed by atoms with van der Waals surface area (Å²) < 4.78 is 5.93. The molecule has 346 valence electrons. The van der Waals surface area contributed by atoms with Crippen molar-refractivity contribution < 1.29 is 24.5 Å². The molecule has 0 aromatic heterocycles. The van der Waals surface area contributed by atoms with Gasteiger partial charge in [0.1, 0.15) is 6.10 Å². The standard InChI is InChI=1S/C53H99NO5/c1-4-7-10-13-16-19-22-24-26-27-30-32-35-38-41-44-49(59-53(58)46-43-40-37-34-31-28-25-23-20-17-14-11-8-5-2)47-52(57)54-50(48-55)51(56)45-42-39-36-33-29-21-18-15-12-9-6-3/h8,11,17,20,24,26,49-51,55-56H,4-7,9-10,12-16,18-19,21-23,25,27-48H2,1-3H3,(H,54,57)/b11-8+,20-17+,26-24+. The predicted molar refractivity (Wildman–Crippen MR) is 255 cm³/mol. The molecule has 0 aliphatic carbocycles. The first-order chi connectivity index (χ1) is 29.0. The van der Waals surface area contributed by atoms with Crippen molar-refractivity contribution in [1.29, 1.82) is 0 Å². The Bertz CT molecular complexity index is 977. The van der Waals surface area contributed by atoms with Gasteiger partial charge in [0.05, 0.1) is 25.2 Å². The van der Waals surface area contributed by atoms with E-state index in [1.165, 1.54) is 135 Å². The van der Waals surface area contributed by atoms with Gasteiger partial charge in [-0.25, -0.2) is 0 Å². The van der Waals surface area contributed by atoms with E-state index in [0.29, 0.717) is 19.3 Å². The average Bonchev–Trinajstić information content (AvgIpc) is 3.23. The number of hydrogen-bond donors (Lipinski definition) is 3. The van der Waals surface area contributed by atoms with Gasteiger partial charge in [0.15, 0.2) is 0 Å². The Morgan fingerprint density at radius 3 is 1.39 bits per heavy atom. The van der Waals surface area contributed by atoms with Crippen LogP contribution in [0.25, 0.3) is 0 Å². The van der Waals surface area contributed by atoms with Crippen LogP contribution in [0.5, 0.6) is 0 Å². The maximum absolute atomic E-state index is 13.2. The number of nitrogens with one attached hydrogen (secondary N) is 1. The van der Waals surface area contributed by atoms with Crippen LogP contribution in [-0.4, -0.2) is 46.9 Å². The molecule has 0 aliphatic heterocycles.